The highest BCUT2D eigenvalue weighted by atomic mass is 16.4. The molecule has 0 aliphatic carbocycles. The largest absolute Gasteiger partial charge is 0.480 e. The third-order valence-corrected chi connectivity index (χ3v) is 2.13. The summed E-state index contributed by atoms with van der Waals surface area (Å²) < 4.78 is 0. The van der Waals surface area contributed by atoms with E-state index in [1.807, 2.05) is 6.07 Å². The number of hydrogen-bond donors (Lipinski definition) is 3. The van der Waals surface area contributed by atoms with Gasteiger partial charge in [-0.2, -0.15) is 0 Å². The standard InChI is InChI=1S/C10H13NO3/c1-6-4-2-3-5-7(6)9(12)8(11)10(13)14/h2-5,8-9,12H,11H2,1H3,(H,13,14)/t8-,9-/m0/s1. The summed E-state index contributed by atoms with van der Waals surface area (Å²) in [7, 11) is 0. The van der Waals surface area contributed by atoms with E-state index in [1.165, 1.54) is 0 Å². The Morgan fingerprint density at radius 3 is 2.50 bits per heavy atom. The molecular formula is C10H13NO3. The molecule has 0 radical (unpaired) electrons. The number of carbonyl (C=O) groups is 1. The number of nitrogens with two attached hydrogens (primary N) is 1. The average molecular weight is 195 g/mol. The second kappa shape index (κ2) is 4.21. The van der Waals surface area contributed by atoms with Crippen LogP contribution in [0.5, 0.6) is 0 Å². The topological polar surface area (TPSA) is 83.5 Å². The Morgan fingerprint density at radius 2 is 2.00 bits per heavy atom. The van der Waals surface area contributed by atoms with Gasteiger partial charge in [0, 0.05) is 0 Å². The van der Waals surface area contributed by atoms with E-state index in [-0.39, 0.29) is 0 Å². The number of rotatable bonds is 3. The molecule has 0 saturated carbocycles. The zero-order valence-electron chi connectivity index (χ0n) is 7.84. The molecule has 0 aliphatic rings. The van der Waals surface area contributed by atoms with Gasteiger partial charge in [0.05, 0.1) is 0 Å². The third kappa shape index (κ3) is 2.10. The highest BCUT2D eigenvalue weighted by Gasteiger charge is 2.24. The lowest BCUT2D eigenvalue weighted by atomic mass is 9.98. The van der Waals surface area contributed by atoms with Crippen LogP contribution in [0.4, 0.5) is 0 Å². The Bertz CT molecular complexity index is 338. The zero-order chi connectivity index (χ0) is 10.7. The first-order chi connectivity index (χ1) is 6.54. The van der Waals surface area contributed by atoms with Gasteiger partial charge in [-0.05, 0) is 18.1 Å². The molecule has 1 aromatic carbocycles. The summed E-state index contributed by atoms with van der Waals surface area (Å²) in [4.78, 5) is 10.5. The van der Waals surface area contributed by atoms with Gasteiger partial charge in [0.2, 0.25) is 0 Å². The van der Waals surface area contributed by atoms with E-state index < -0.39 is 18.1 Å². The molecule has 0 amide bonds. The molecule has 76 valence electrons. The van der Waals surface area contributed by atoms with Crippen LogP contribution in [-0.4, -0.2) is 22.2 Å². The lowest BCUT2D eigenvalue weighted by Gasteiger charge is -2.16. The number of hydrogen-bond acceptors (Lipinski definition) is 3. The molecule has 0 aliphatic heterocycles. The maximum absolute atomic E-state index is 10.5. The fourth-order valence-electron chi connectivity index (χ4n) is 1.25. The Balaban J connectivity index is 2.94. The molecule has 1 rings (SSSR count). The maximum atomic E-state index is 10.5. The second-order valence-electron chi connectivity index (χ2n) is 3.17. The SMILES string of the molecule is Cc1ccccc1[C@H](O)[C@H](N)C(=O)O. The quantitative estimate of drug-likeness (QED) is 0.653. The molecule has 4 heteroatoms. The van der Waals surface area contributed by atoms with Crippen LogP contribution in [0.1, 0.15) is 17.2 Å². The van der Waals surface area contributed by atoms with Crippen molar-refractivity contribution in [2.75, 3.05) is 0 Å². The average Bonchev–Trinajstić information content (AvgIpc) is 2.16. The number of aliphatic hydroxyl groups excluding tert-OH is 1. The zero-order valence-corrected chi connectivity index (χ0v) is 7.84. The van der Waals surface area contributed by atoms with Gasteiger partial charge in [0.1, 0.15) is 12.1 Å². The summed E-state index contributed by atoms with van der Waals surface area (Å²) in [5.41, 5.74) is 6.70. The van der Waals surface area contributed by atoms with Gasteiger partial charge in [-0.3, -0.25) is 4.79 Å². The Kier molecular flexibility index (Phi) is 3.22. The van der Waals surface area contributed by atoms with Crippen LogP contribution in [0.3, 0.4) is 0 Å². The molecule has 0 fully saturated rings. The summed E-state index contributed by atoms with van der Waals surface area (Å²) in [6.07, 6.45) is -1.16. The van der Waals surface area contributed by atoms with E-state index in [2.05, 4.69) is 0 Å². The van der Waals surface area contributed by atoms with Gasteiger partial charge in [-0.1, -0.05) is 24.3 Å². The fraction of sp³-hybridized carbons (Fsp3) is 0.300. The molecular weight excluding hydrogens is 182 g/mol. The van der Waals surface area contributed by atoms with E-state index in [9.17, 15) is 9.90 Å². The van der Waals surface area contributed by atoms with Crippen LogP contribution in [0.2, 0.25) is 0 Å². The van der Waals surface area contributed by atoms with Gasteiger partial charge < -0.3 is 15.9 Å². The van der Waals surface area contributed by atoms with Gasteiger partial charge in [-0.15, -0.1) is 0 Å². The van der Waals surface area contributed by atoms with Crippen LogP contribution < -0.4 is 5.73 Å². The van der Waals surface area contributed by atoms with Crippen LogP contribution >= 0.6 is 0 Å². The van der Waals surface area contributed by atoms with Crippen molar-refractivity contribution in [3.63, 3.8) is 0 Å². The van der Waals surface area contributed by atoms with Crippen molar-refractivity contribution in [2.45, 2.75) is 19.1 Å². The molecule has 2 atom stereocenters. The molecule has 4 N–H and O–H groups in total. The third-order valence-electron chi connectivity index (χ3n) is 2.13. The molecule has 4 nitrogen and oxygen atoms in total. The molecule has 0 bridgehead atoms. The normalized spacial score (nSPS) is 14.8. The van der Waals surface area contributed by atoms with Crippen molar-refractivity contribution in [2.24, 2.45) is 5.73 Å². The molecule has 14 heavy (non-hydrogen) atoms. The van der Waals surface area contributed by atoms with Gasteiger partial charge >= 0.3 is 5.97 Å². The highest BCUT2D eigenvalue weighted by molar-refractivity contribution is 5.74. The lowest BCUT2D eigenvalue weighted by molar-refractivity contribution is -0.141. The minimum absolute atomic E-state index is 0.558. The monoisotopic (exact) mass is 195 g/mol. The molecule has 0 unspecified atom stereocenters. The summed E-state index contributed by atoms with van der Waals surface area (Å²) in [5.74, 6) is -1.21. The Morgan fingerprint density at radius 1 is 1.43 bits per heavy atom. The van der Waals surface area contributed by atoms with Crippen LogP contribution in [-0.2, 0) is 4.79 Å². The molecule has 0 aromatic heterocycles. The van der Waals surface area contributed by atoms with Crippen molar-refractivity contribution in [1.82, 2.24) is 0 Å². The van der Waals surface area contributed by atoms with Crippen molar-refractivity contribution in [3.05, 3.63) is 35.4 Å². The van der Waals surface area contributed by atoms with Gasteiger partial charge in [-0.25, -0.2) is 0 Å². The molecule has 1 aromatic rings. The first kappa shape index (κ1) is 10.7. The summed E-state index contributed by atoms with van der Waals surface area (Å²) in [5, 5.41) is 18.3. The van der Waals surface area contributed by atoms with Crippen LogP contribution in [0.15, 0.2) is 24.3 Å². The van der Waals surface area contributed by atoms with Gasteiger partial charge in [0.25, 0.3) is 0 Å². The van der Waals surface area contributed by atoms with Crippen molar-refractivity contribution in [3.8, 4) is 0 Å². The summed E-state index contributed by atoms with van der Waals surface area (Å²) in [6, 6.07) is 5.74. The molecule has 0 spiro atoms. The number of aliphatic hydroxyl groups is 1. The first-order valence-electron chi connectivity index (χ1n) is 4.26. The molecule has 0 heterocycles. The number of aliphatic carboxylic acids is 1. The molecule has 0 saturated heterocycles. The van der Waals surface area contributed by atoms with Crippen LogP contribution in [0, 0.1) is 6.92 Å². The van der Waals surface area contributed by atoms with Crippen LogP contribution in [0.25, 0.3) is 0 Å². The second-order valence-corrected chi connectivity index (χ2v) is 3.17. The maximum Gasteiger partial charge on any atom is 0.323 e. The lowest BCUT2D eigenvalue weighted by Crippen LogP contribution is -2.36. The van der Waals surface area contributed by atoms with Gasteiger partial charge in [0.15, 0.2) is 0 Å². The first-order valence-corrected chi connectivity index (χ1v) is 4.26. The Hall–Kier alpha value is -1.39. The summed E-state index contributed by atoms with van der Waals surface area (Å²) >= 11 is 0. The predicted molar refractivity (Wildman–Crippen MR) is 51.8 cm³/mol. The minimum atomic E-state index is -1.28. The van der Waals surface area contributed by atoms with E-state index in [0.29, 0.717) is 5.56 Å². The smallest absolute Gasteiger partial charge is 0.323 e. The van der Waals surface area contributed by atoms with Crippen molar-refractivity contribution in [1.29, 1.82) is 0 Å². The number of carboxylic acids is 1. The minimum Gasteiger partial charge on any atom is -0.480 e. The van der Waals surface area contributed by atoms with Crippen molar-refractivity contribution >= 4 is 5.97 Å². The van der Waals surface area contributed by atoms with Crippen molar-refractivity contribution < 1.29 is 15.0 Å². The van der Waals surface area contributed by atoms with E-state index in [4.69, 9.17) is 10.8 Å². The van der Waals surface area contributed by atoms with E-state index in [1.54, 1.807) is 25.1 Å². The summed E-state index contributed by atoms with van der Waals surface area (Å²) in [6.45, 7) is 1.80. The number of carboxylic acid groups (broad SMARTS) is 1. The number of aryl methyl sites for hydroxylation is 1. The van der Waals surface area contributed by atoms with E-state index in [0.717, 1.165) is 5.56 Å². The van der Waals surface area contributed by atoms with E-state index >= 15 is 0 Å². The predicted octanol–water partition coefficient (Wildman–Crippen LogP) is 0.440. The number of benzene rings is 1. The highest BCUT2D eigenvalue weighted by Crippen LogP contribution is 2.19. The Labute approximate surface area is 82.0 Å². The fourth-order valence-corrected chi connectivity index (χ4v) is 1.25.